The van der Waals surface area contributed by atoms with E-state index in [4.69, 9.17) is 4.74 Å². The number of hydrogen-bond donors (Lipinski definition) is 0. The lowest BCUT2D eigenvalue weighted by atomic mass is 10.1. The first-order valence-corrected chi connectivity index (χ1v) is 10.9. The van der Waals surface area contributed by atoms with Gasteiger partial charge in [0.15, 0.2) is 0 Å². The Kier molecular flexibility index (Phi) is 5.65. The Hall–Kier alpha value is -3.04. The molecule has 0 N–H and O–H groups in total. The number of ether oxygens (including phenoxy) is 1. The first-order chi connectivity index (χ1) is 14.5. The summed E-state index contributed by atoms with van der Waals surface area (Å²) in [5.41, 5.74) is 1.72. The van der Waals surface area contributed by atoms with Crippen molar-refractivity contribution in [2.24, 2.45) is 0 Å². The van der Waals surface area contributed by atoms with E-state index in [0.717, 1.165) is 35.0 Å². The van der Waals surface area contributed by atoms with Gasteiger partial charge in [0.2, 0.25) is 10.0 Å². The van der Waals surface area contributed by atoms with Gasteiger partial charge in [-0.3, -0.25) is 0 Å². The maximum absolute atomic E-state index is 13.1. The molecular formula is C21H21FN4O3S. The molecule has 0 atom stereocenters. The summed E-state index contributed by atoms with van der Waals surface area (Å²) in [4.78, 5) is 10.8. The van der Waals surface area contributed by atoms with Crippen LogP contribution >= 0.6 is 0 Å². The van der Waals surface area contributed by atoms with Gasteiger partial charge in [0.25, 0.3) is 0 Å². The summed E-state index contributed by atoms with van der Waals surface area (Å²) >= 11 is 0. The standard InChI is InChI=1S/C21H21FN4O3S/c1-29-18-6-2-16(3-7-18)20-14-21(24-15-23-20)25-10-12-26(13-11-25)30(27,28)19-8-4-17(22)5-9-19/h2-9,14-15H,10-13H2,1H3. The van der Waals surface area contributed by atoms with Gasteiger partial charge in [0.1, 0.15) is 23.7 Å². The van der Waals surface area contributed by atoms with Crippen molar-refractivity contribution in [2.75, 3.05) is 38.2 Å². The molecule has 0 unspecified atom stereocenters. The minimum atomic E-state index is -3.65. The van der Waals surface area contributed by atoms with Crippen LogP contribution in [-0.2, 0) is 10.0 Å². The third kappa shape index (κ3) is 4.12. The van der Waals surface area contributed by atoms with Gasteiger partial charge in [-0.25, -0.2) is 22.8 Å². The highest BCUT2D eigenvalue weighted by Crippen LogP contribution is 2.25. The van der Waals surface area contributed by atoms with E-state index < -0.39 is 15.8 Å². The number of hydrogen-bond acceptors (Lipinski definition) is 6. The molecule has 1 aromatic heterocycles. The second-order valence-corrected chi connectivity index (χ2v) is 8.77. The number of nitrogens with zero attached hydrogens (tertiary/aromatic N) is 4. The molecule has 1 aliphatic rings. The van der Waals surface area contributed by atoms with Crippen LogP contribution < -0.4 is 9.64 Å². The molecule has 1 saturated heterocycles. The Labute approximate surface area is 174 Å². The van der Waals surface area contributed by atoms with Crippen molar-refractivity contribution in [3.8, 4) is 17.0 Å². The van der Waals surface area contributed by atoms with E-state index in [2.05, 4.69) is 9.97 Å². The summed E-state index contributed by atoms with van der Waals surface area (Å²) in [5, 5.41) is 0. The molecule has 0 aliphatic carbocycles. The molecule has 0 saturated carbocycles. The maximum Gasteiger partial charge on any atom is 0.243 e. The molecule has 1 fully saturated rings. The Balaban J connectivity index is 1.47. The van der Waals surface area contributed by atoms with E-state index in [1.54, 1.807) is 7.11 Å². The third-order valence-electron chi connectivity index (χ3n) is 5.05. The number of methoxy groups -OCH3 is 1. The Morgan fingerprint density at radius 1 is 0.933 bits per heavy atom. The molecule has 0 spiro atoms. The highest BCUT2D eigenvalue weighted by atomic mass is 32.2. The molecule has 2 heterocycles. The smallest absolute Gasteiger partial charge is 0.243 e. The number of benzene rings is 2. The molecule has 30 heavy (non-hydrogen) atoms. The number of sulfonamides is 1. The lowest BCUT2D eigenvalue weighted by Crippen LogP contribution is -2.48. The number of rotatable bonds is 5. The van der Waals surface area contributed by atoms with Gasteiger partial charge in [0, 0.05) is 37.8 Å². The Morgan fingerprint density at radius 3 is 2.23 bits per heavy atom. The SMILES string of the molecule is COc1ccc(-c2cc(N3CCN(S(=O)(=O)c4ccc(F)cc4)CC3)ncn2)cc1. The van der Waals surface area contributed by atoms with Crippen molar-refractivity contribution in [1.82, 2.24) is 14.3 Å². The van der Waals surface area contributed by atoms with E-state index in [-0.39, 0.29) is 4.90 Å². The molecule has 9 heteroatoms. The summed E-state index contributed by atoms with van der Waals surface area (Å²) in [7, 11) is -2.03. The second-order valence-electron chi connectivity index (χ2n) is 6.84. The number of anilines is 1. The summed E-state index contributed by atoms with van der Waals surface area (Å²) in [6.07, 6.45) is 1.51. The molecule has 0 bridgehead atoms. The fraction of sp³-hybridized carbons (Fsp3) is 0.238. The fourth-order valence-corrected chi connectivity index (χ4v) is 4.78. The average molecular weight is 428 g/mol. The molecule has 0 radical (unpaired) electrons. The summed E-state index contributed by atoms with van der Waals surface area (Å²) in [6, 6.07) is 14.4. The van der Waals surface area contributed by atoms with Crippen LogP contribution in [0, 0.1) is 5.82 Å². The molecule has 7 nitrogen and oxygen atoms in total. The molecule has 0 amide bonds. The van der Waals surface area contributed by atoms with Crippen LogP contribution in [0.2, 0.25) is 0 Å². The van der Waals surface area contributed by atoms with Crippen LogP contribution in [0.5, 0.6) is 5.75 Å². The summed E-state index contributed by atoms with van der Waals surface area (Å²) < 4.78 is 45.3. The van der Waals surface area contributed by atoms with Gasteiger partial charge in [-0.05, 0) is 48.5 Å². The highest BCUT2D eigenvalue weighted by Gasteiger charge is 2.29. The predicted octanol–water partition coefficient (Wildman–Crippen LogP) is 2.80. The van der Waals surface area contributed by atoms with Gasteiger partial charge in [-0.2, -0.15) is 4.31 Å². The lowest BCUT2D eigenvalue weighted by Gasteiger charge is -2.34. The van der Waals surface area contributed by atoms with Gasteiger partial charge in [-0.15, -0.1) is 0 Å². The Bertz CT molecular complexity index is 1110. The average Bonchev–Trinajstić information content (AvgIpc) is 2.79. The number of halogens is 1. The second kappa shape index (κ2) is 8.37. The van der Waals surface area contributed by atoms with E-state index in [9.17, 15) is 12.8 Å². The molecule has 156 valence electrons. The highest BCUT2D eigenvalue weighted by molar-refractivity contribution is 7.89. The van der Waals surface area contributed by atoms with Crippen LogP contribution in [0.4, 0.5) is 10.2 Å². The first kappa shape index (κ1) is 20.2. The quantitative estimate of drug-likeness (QED) is 0.622. The zero-order chi connectivity index (χ0) is 21.1. The first-order valence-electron chi connectivity index (χ1n) is 9.44. The zero-order valence-electron chi connectivity index (χ0n) is 16.4. The van der Waals surface area contributed by atoms with Crippen LogP contribution in [0.1, 0.15) is 0 Å². The zero-order valence-corrected chi connectivity index (χ0v) is 17.2. The van der Waals surface area contributed by atoms with Crippen molar-refractivity contribution in [2.45, 2.75) is 4.90 Å². The monoisotopic (exact) mass is 428 g/mol. The summed E-state index contributed by atoms with van der Waals surface area (Å²) in [5.74, 6) is 1.05. The molecule has 1 aliphatic heterocycles. The Morgan fingerprint density at radius 2 is 1.60 bits per heavy atom. The maximum atomic E-state index is 13.1. The van der Waals surface area contributed by atoms with E-state index >= 15 is 0 Å². The van der Waals surface area contributed by atoms with Crippen LogP contribution in [-0.4, -0.2) is 56.0 Å². The van der Waals surface area contributed by atoms with Crippen LogP contribution in [0.3, 0.4) is 0 Å². The summed E-state index contributed by atoms with van der Waals surface area (Å²) in [6.45, 7) is 1.64. The van der Waals surface area contributed by atoms with Crippen molar-refractivity contribution < 1.29 is 17.5 Å². The van der Waals surface area contributed by atoms with Crippen LogP contribution in [0.15, 0.2) is 65.8 Å². The van der Waals surface area contributed by atoms with Gasteiger partial charge in [0.05, 0.1) is 17.7 Å². The van der Waals surface area contributed by atoms with E-state index in [0.29, 0.717) is 26.2 Å². The van der Waals surface area contributed by atoms with Crippen molar-refractivity contribution in [3.63, 3.8) is 0 Å². The molecule has 3 aromatic rings. The topological polar surface area (TPSA) is 75.6 Å². The number of aromatic nitrogens is 2. The normalized spacial score (nSPS) is 15.2. The predicted molar refractivity (Wildman–Crippen MR) is 111 cm³/mol. The lowest BCUT2D eigenvalue weighted by molar-refractivity contribution is 0.383. The van der Waals surface area contributed by atoms with Crippen molar-refractivity contribution in [1.29, 1.82) is 0 Å². The van der Waals surface area contributed by atoms with E-state index in [1.165, 1.54) is 22.8 Å². The molecular weight excluding hydrogens is 407 g/mol. The number of piperazine rings is 1. The van der Waals surface area contributed by atoms with Gasteiger partial charge in [-0.1, -0.05) is 0 Å². The van der Waals surface area contributed by atoms with Crippen molar-refractivity contribution in [3.05, 3.63) is 66.7 Å². The van der Waals surface area contributed by atoms with Gasteiger partial charge < -0.3 is 9.64 Å². The molecule has 4 rings (SSSR count). The van der Waals surface area contributed by atoms with Crippen LogP contribution in [0.25, 0.3) is 11.3 Å². The van der Waals surface area contributed by atoms with E-state index in [1.807, 2.05) is 35.2 Å². The van der Waals surface area contributed by atoms with Crippen molar-refractivity contribution >= 4 is 15.8 Å². The molecule has 2 aromatic carbocycles. The fourth-order valence-electron chi connectivity index (χ4n) is 3.35. The minimum Gasteiger partial charge on any atom is -0.497 e. The minimum absolute atomic E-state index is 0.0983. The third-order valence-corrected chi connectivity index (χ3v) is 6.97. The largest absolute Gasteiger partial charge is 0.497 e. The van der Waals surface area contributed by atoms with Gasteiger partial charge >= 0.3 is 0 Å².